The summed E-state index contributed by atoms with van der Waals surface area (Å²) < 4.78 is 5.35. The molecule has 0 heterocycles. The van der Waals surface area contributed by atoms with E-state index in [0.29, 0.717) is 18.6 Å². The lowest BCUT2D eigenvalue weighted by Gasteiger charge is -2.21. The van der Waals surface area contributed by atoms with Crippen molar-refractivity contribution in [3.8, 4) is 5.75 Å². The fourth-order valence-electron chi connectivity index (χ4n) is 2.32. The van der Waals surface area contributed by atoms with Crippen molar-refractivity contribution in [2.75, 3.05) is 7.11 Å². The van der Waals surface area contributed by atoms with E-state index < -0.39 is 0 Å². The first kappa shape index (κ1) is 10.9. The number of ketones is 1. The molecule has 0 spiro atoms. The molecule has 84 valence electrons. The van der Waals surface area contributed by atoms with Gasteiger partial charge in [-0.05, 0) is 36.1 Å². The molecule has 1 aromatic rings. The highest BCUT2D eigenvalue weighted by Crippen LogP contribution is 2.34. The molecule has 0 fully saturated rings. The Hall–Kier alpha value is -1.57. The Labute approximate surface area is 95.9 Å². The summed E-state index contributed by atoms with van der Waals surface area (Å²) >= 11 is 0. The highest BCUT2D eigenvalue weighted by molar-refractivity contribution is 5.85. The van der Waals surface area contributed by atoms with E-state index in [-0.39, 0.29) is 0 Å². The second-order valence-corrected chi connectivity index (χ2v) is 4.28. The molecule has 0 N–H and O–H groups in total. The molecule has 1 aliphatic rings. The van der Waals surface area contributed by atoms with Crippen molar-refractivity contribution in [1.29, 1.82) is 0 Å². The van der Waals surface area contributed by atoms with Crippen LogP contribution >= 0.6 is 0 Å². The zero-order chi connectivity index (χ0) is 11.7. The van der Waals surface area contributed by atoms with Crippen molar-refractivity contribution in [3.63, 3.8) is 0 Å². The van der Waals surface area contributed by atoms with Crippen LogP contribution in [0, 0.1) is 0 Å². The Morgan fingerprint density at radius 1 is 1.38 bits per heavy atom. The van der Waals surface area contributed by atoms with E-state index in [4.69, 9.17) is 4.74 Å². The van der Waals surface area contributed by atoms with Gasteiger partial charge in [-0.15, -0.1) is 0 Å². The summed E-state index contributed by atoms with van der Waals surface area (Å²) in [7, 11) is 1.67. The van der Waals surface area contributed by atoms with E-state index in [9.17, 15) is 4.79 Å². The Morgan fingerprint density at radius 3 is 2.75 bits per heavy atom. The first-order valence-electron chi connectivity index (χ1n) is 5.49. The second-order valence-electron chi connectivity index (χ2n) is 4.28. The molecule has 0 saturated heterocycles. The van der Waals surface area contributed by atoms with Gasteiger partial charge in [0.25, 0.3) is 0 Å². The number of carbonyl (C=O) groups excluding carboxylic acids is 1. The quantitative estimate of drug-likeness (QED) is 0.759. The minimum Gasteiger partial charge on any atom is -0.496 e. The Bertz CT molecular complexity index is 458. The lowest BCUT2D eigenvalue weighted by atomic mass is 9.85. The maximum absolute atomic E-state index is 11.4. The number of hydrogen-bond donors (Lipinski definition) is 0. The summed E-state index contributed by atoms with van der Waals surface area (Å²) in [4.78, 5) is 11.4. The van der Waals surface area contributed by atoms with Crippen LogP contribution in [0.25, 0.3) is 5.57 Å². The molecule has 0 bridgehead atoms. The summed E-state index contributed by atoms with van der Waals surface area (Å²) in [5.74, 6) is 1.19. The third kappa shape index (κ3) is 1.75. The van der Waals surface area contributed by atoms with Gasteiger partial charge in [0, 0.05) is 18.4 Å². The highest BCUT2D eigenvalue weighted by atomic mass is 16.5. The Kier molecular flexibility index (Phi) is 2.82. The van der Waals surface area contributed by atoms with E-state index >= 15 is 0 Å². The fraction of sp³-hybridized carbons (Fsp3) is 0.357. The minimum absolute atomic E-state index is 0.324. The van der Waals surface area contributed by atoms with Gasteiger partial charge >= 0.3 is 0 Å². The SMILES string of the molecule is C=C(C)c1c(OC)ccc2c1CCC(=O)C2. The van der Waals surface area contributed by atoms with Gasteiger partial charge in [0.2, 0.25) is 0 Å². The summed E-state index contributed by atoms with van der Waals surface area (Å²) in [5.41, 5.74) is 4.47. The van der Waals surface area contributed by atoms with Crippen LogP contribution in [0.2, 0.25) is 0 Å². The molecule has 0 atom stereocenters. The standard InChI is InChI=1S/C14H16O2/c1-9(2)14-12-6-5-11(15)8-10(12)4-7-13(14)16-3/h4,7H,1,5-6,8H2,2-3H3. The first-order chi connectivity index (χ1) is 7.63. The number of rotatable bonds is 2. The highest BCUT2D eigenvalue weighted by Gasteiger charge is 2.21. The fourth-order valence-corrected chi connectivity index (χ4v) is 2.32. The minimum atomic E-state index is 0.324. The summed E-state index contributed by atoms with van der Waals surface area (Å²) in [6, 6.07) is 3.93. The Morgan fingerprint density at radius 2 is 2.12 bits per heavy atom. The van der Waals surface area contributed by atoms with Gasteiger partial charge in [-0.1, -0.05) is 12.6 Å². The maximum atomic E-state index is 11.4. The predicted octanol–water partition coefficient (Wildman–Crippen LogP) is 2.79. The van der Waals surface area contributed by atoms with Gasteiger partial charge in [0.15, 0.2) is 0 Å². The van der Waals surface area contributed by atoms with E-state index in [0.717, 1.165) is 28.9 Å². The van der Waals surface area contributed by atoms with Crippen LogP contribution in [0.4, 0.5) is 0 Å². The first-order valence-corrected chi connectivity index (χ1v) is 5.49. The number of hydrogen-bond acceptors (Lipinski definition) is 2. The average molecular weight is 216 g/mol. The summed E-state index contributed by atoms with van der Waals surface area (Å²) in [6.45, 7) is 5.98. The van der Waals surface area contributed by atoms with Crippen LogP contribution in [-0.2, 0) is 17.6 Å². The van der Waals surface area contributed by atoms with Gasteiger partial charge in [0.05, 0.1) is 7.11 Å². The molecule has 0 saturated carbocycles. The van der Waals surface area contributed by atoms with Gasteiger partial charge in [-0.3, -0.25) is 4.79 Å². The molecule has 2 heteroatoms. The molecule has 2 rings (SSSR count). The van der Waals surface area contributed by atoms with Crippen LogP contribution in [-0.4, -0.2) is 12.9 Å². The smallest absolute Gasteiger partial charge is 0.137 e. The molecule has 0 aromatic heterocycles. The number of fused-ring (bicyclic) bond motifs is 1. The normalized spacial score (nSPS) is 14.5. The topological polar surface area (TPSA) is 26.3 Å². The average Bonchev–Trinajstić information content (AvgIpc) is 2.26. The van der Waals surface area contributed by atoms with Crippen LogP contribution in [0.3, 0.4) is 0 Å². The van der Waals surface area contributed by atoms with E-state index in [1.54, 1.807) is 7.11 Å². The number of ether oxygens (including phenoxy) is 1. The molecule has 16 heavy (non-hydrogen) atoms. The van der Waals surface area contributed by atoms with E-state index in [1.807, 2.05) is 19.1 Å². The van der Waals surface area contributed by atoms with Gasteiger partial charge in [0.1, 0.15) is 11.5 Å². The monoisotopic (exact) mass is 216 g/mol. The van der Waals surface area contributed by atoms with E-state index in [2.05, 4.69) is 6.58 Å². The summed E-state index contributed by atoms with van der Waals surface area (Å²) in [5, 5.41) is 0. The van der Waals surface area contributed by atoms with Crippen molar-refractivity contribution < 1.29 is 9.53 Å². The molecule has 2 nitrogen and oxygen atoms in total. The van der Waals surface area contributed by atoms with Crippen molar-refractivity contribution in [2.45, 2.75) is 26.2 Å². The van der Waals surface area contributed by atoms with Crippen LogP contribution in [0.1, 0.15) is 30.0 Å². The number of allylic oxidation sites excluding steroid dienone is 1. The van der Waals surface area contributed by atoms with E-state index in [1.165, 1.54) is 5.56 Å². The van der Waals surface area contributed by atoms with Crippen molar-refractivity contribution in [1.82, 2.24) is 0 Å². The van der Waals surface area contributed by atoms with Crippen LogP contribution < -0.4 is 4.74 Å². The molecule has 1 aromatic carbocycles. The molecule has 0 aliphatic heterocycles. The number of Topliss-reactive ketones (excluding diaryl/α,β-unsaturated/α-hetero) is 1. The number of benzene rings is 1. The molecule has 1 aliphatic carbocycles. The molecule has 0 unspecified atom stereocenters. The zero-order valence-electron chi connectivity index (χ0n) is 9.80. The number of methoxy groups -OCH3 is 1. The van der Waals surface area contributed by atoms with Crippen molar-refractivity contribution in [3.05, 3.63) is 35.4 Å². The van der Waals surface area contributed by atoms with Crippen LogP contribution in [0.15, 0.2) is 18.7 Å². The lowest BCUT2D eigenvalue weighted by molar-refractivity contribution is -0.118. The molecular formula is C14H16O2. The van der Waals surface area contributed by atoms with Crippen LogP contribution in [0.5, 0.6) is 5.75 Å². The largest absolute Gasteiger partial charge is 0.496 e. The zero-order valence-corrected chi connectivity index (χ0v) is 9.80. The molecular weight excluding hydrogens is 200 g/mol. The Balaban J connectivity index is 2.59. The van der Waals surface area contributed by atoms with Gasteiger partial charge in [-0.25, -0.2) is 0 Å². The van der Waals surface area contributed by atoms with Gasteiger partial charge < -0.3 is 4.74 Å². The number of carbonyl (C=O) groups is 1. The lowest BCUT2D eigenvalue weighted by Crippen LogP contribution is -2.15. The maximum Gasteiger partial charge on any atom is 0.137 e. The van der Waals surface area contributed by atoms with Crippen molar-refractivity contribution in [2.24, 2.45) is 0 Å². The van der Waals surface area contributed by atoms with Gasteiger partial charge in [-0.2, -0.15) is 0 Å². The van der Waals surface area contributed by atoms with Crippen molar-refractivity contribution >= 4 is 11.4 Å². The predicted molar refractivity (Wildman–Crippen MR) is 64.7 cm³/mol. The summed E-state index contributed by atoms with van der Waals surface area (Å²) in [6.07, 6.45) is 2.01. The molecule has 0 radical (unpaired) electrons. The molecule has 0 amide bonds. The second kappa shape index (κ2) is 4.12. The third-order valence-corrected chi connectivity index (χ3v) is 3.06. The third-order valence-electron chi connectivity index (χ3n) is 3.06.